The maximum Gasteiger partial charge on any atom is 0.225 e. The van der Waals surface area contributed by atoms with Crippen molar-refractivity contribution in [3.8, 4) is 0 Å². The lowest BCUT2D eigenvalue weighted by molar-refractivity contribution is 0.492. The van der Waals surface area contributed by atoms with E-state index < -0.39 is 9.84 Å². The first-order chi connectivity index (χ1) is 16.3. The number of halogens is 2. The van der Waals surface area contributed by atoms with Crippen molar-refractivity contribution in [1.29, 1.82) is 0 Å². The summed E-state index contributed by atoms with van der Waals surface area (Å²) in [6.07, 6.45) is 11.2. The van der Waals surface area contributed by atoms with Gasteiger partial charge in [-0.3, -0.25) is 4.98 Å². The number of rotatable bonds is 5. The van der Waals surface area contributed by atoms with E-state index in [1.54, 1.807) is 47.6 Å². The van der Waals surface area contributed by atoms with Crippen LogP contribution in [0.4, 0.5) is 10.3 Å². The van der Waals surface area contributed by atoms with Crippen LogP contribution in [0.2, 0.25) is 0 Å². The molecule has 5 rings (SSSR count). The van der Waals surface area contributed by atoms with E-state index >= 15 is 0 Å². The van der Waals surface area contributed by atoms with Gasteiger partial charge in [0.05, 0.1) is 21.6 Å². The topological polar surface area (TPSA) is 93.9 Å². The Labute approximate surface area is 204 Å². The third-order valence-electron chi connectivity index (χ3n) is 6.12. The van der Waals surface area contributed by atoms with Gasteiger partial charge in [-0.15, -0.1) is 0 Å². The second-order valence-corrected chi connectivity index (χ2v) is 11.4. The summed E-state index contributed by atoms with van der Waals surface area (Å²) >= 11 is 3.35. The Morgan fingerprint density at radius 3 is 2.47 bits per heavy atom. The Bertz CT molecular complexity index is 1450. The van der Waals surface area contributed by atoms with E-state index in [-0.39, 0.29) is 23.2 Å². The molecule has 0 atom stereocenters. The van der Waals surface area contributed by atoms with Crippen molar-refractivity contribution in [3.05, 3.63) is 70.7 Å². The molecule has 0 N–H and O–H groups in total. The number of nitrogens with zero attached hydrogens (tertiary/aromatic N) is 6. The molecule has 4 aromatic heterocycles. The Hall–Kier alpha value is -2.92. The molecular formula is C23H22BrFN6O2S. The Kier molecular flexibility index (Phi) is 6.07. The van der Waals surface area contributed by atoms with E-state index in [1.807, 2.05) is 0 Å². The first kappa shape index (κ1) is 22.9. The molecule has 5 heterocycles. The van der Waals surface area contributed by atoms with E-state index in [9.17, 15) is 12.8 Å². The quantitative estimate of drug-likeness (QED) is 0.375. The lowest BCUT2D eigenvalue weighted by Crippen LogP contribution is -2.34. The number of hydrogen-bond acceptors (Lipinski definition) is 7. The smallest absolute Gasteiger partial charge is 0.225 e. The molecule has 176 valence electrons. The molecule has 0 amide bonds. The molecule has 0 bridgehead atoms. The minimum absolute atomic E-state index is 0.157. The molecule has 0 aliphatic carbocycles. The fourth-order valence-electron chi connectivity index (χ4n) is 4.25. The first-order valence-electron chi connectivity index (χ1n) is 10.8. The molecule has 1 saturated heterocycles. The molecule has 11 heteroatoms. The van der Waals surface area contributed by atoms with Crippen LogP contribution in [0, 0.1) is 5.82 Å². The number of anilines is 1. The molecule has 0 aromatic carbocycles. The molecule has 0 unspecified atom stereocenters. The number of aromatic nitrogens is 5. The van der Waals surface area contributed by atoms with Crippen molar-refractivity contribution in [2.75, 3.05) is 24.2 Å². The normalized spacial score (nSPS) is 15.2. The third kappa shape index (κ3) is 4.67. The minimum atomic E-state index is -3.34. The standard InChI is InChI=1S/C23H22BrFN6O2S/c1-34(32,33)19-8-16-4-7-31(22(16)27-13-19)14-21-20(25)9-17(10-26-21)15-2-5-30(6-3-15)23-28-11-18(24)12-29-23/h4,7-13,15H,2-3,5-6,14H2,1H3. The van der Waals surface area contributed by atoms with Gasteiger partial charge in [-0.05, 0) is 58.5 Å². The molecule has 8 nitrogen and oxygen atoms in total. The molecule has 1 aliphatic rings. The predicted molar refractivity (Wildman–Crippen MR) is 130 cm³/mol. The zero-order chi connectivity index (χ0) is 23.9. The van der Waals surface area contributed by atoms with Crippen LogP contribution in [-0.4, -0.2) is 52.3 Å². The van der Waals surface area contributed by atoms with E-state index in [0.29, 0.717) is 22.7 Å². The summed E-state index contributed by atoms with van der Waals surface area (Å²) in [5.41, 5.74) is 1.79. The highest BCUT2D eigenvalue weighted by Crippen LogP contribution is 2.30. The van der Waals surface area contributed by atoms with E-state index in [2.05, 4.69) is 40.8 Å². The van der Waals surface area contributed by atoms with Gasteiger partial charge in [-0.25, -0.2) is 27.8 Å². The molecule has 0 radical (unpaired) electrons. The number of sulfone groups is 1. The van der Waals surface area contributed by atoms with Crippen molar-refractivity contribution >= 4 is 42.7 Å². The van der Waals surface area contributed by atoms with Crippen LogP contribution >= 0.6 is 15.9 Å². The van der Waals surface area contributed by atoms with Crippen LogP contribution in [0.25, 0.3) is 11.0 Å². The van der Waals surface area contributed by atoms with Crippen LogP contribution < -0.4 is 4.90 Å². The monoisotopic (exact) mass is 544 g/mol. The summed E-state index contributed by atoms with van der Waals surface area (Å²) in [7, 11) is -3.34. The van der Waals surface area contributed by atoms with Gasteiger partial charge in [0.25, 0.3) is 0 Å². The van der Waals surface area contributed by atoms with Gasteiger partial charge < -0.3 is 9.47 Å². The van der Waals surface area contributed by atoms with Crippen LogP contribution in [-0.2, 0) is 16.4 Å². The molecular weight excluding hydrogens is 523 g/mol. The van der Waals surface area contributed by atoms with E-state index in [4.69, 9.17) is 0 Å². The summed E-state index contributed by atoms with van der Waals surface area (Å²) in [5.74, 6) is 0.578. The zero-order valence-electron chi connectivity index (χ0n) is 18.4. The highest BCUT2D eigenvalue weighted by Gasteiger charge is 2.23. The Morgan fingerprint density at radius 2 is 1.79 bits per heavy atom. The predicted octanol–water partition coefficient (Wildman–Crippen LogP) is 3.96. The van der Waals surface area contributed by atoms with E-state index in [0.717, 1.165) is 42.2 Å². The highest BCUT2D eigenvalue weighted by atomic mass is 79.9. The molecule has 1 aliphatic heterocycles. The fraction of sp³-hybridized carbons (Fsp3) is 0.304. The minimum Gasteiger partial charge on any atom is -0.341 e. The van der Waals surface area contributed by atoms with Crippen molar-refractivity contribution < 1.29 is 12.8 Å². The second kappa shape index (κ2) is 9.03. The van der Waals surface area contributed by atoms with Crippen molar-refractivity contribution in [2.24, 2.45) is 0 Å². The highest BCUT2D eigenvalue weighted by molar-refractivity contribution is 9.10. The van der Waals surface area contributed by atoms with Crippen molar-refractivity contribution in [1.82, 2.24) is 24.5 Å². The van der Waals surface area contributed by atoms with Crippen LogP contribution in [0.3, 0.4) is 0 Å². The number of pyridine rings is 2. The van der Waals surface area contributed by atoms with Crippen LogP contribution in [0.1, 0.15) is 30.0 Å². The van der Waals surface area contributed by atoms with Gasteiger partial charge in [0.2, 0.25) is 5.95 Å². The SMILES string of the molecule is CS(=O)(=O)c1cnc2c(ccn2Cc2ncc(C3CCN(c4ncc(Br)cn4)CC3)cc2F)c1. The van der Waals surface area contributed by atoms with Gasteiger partial charge in [-0.1, -0.05) is 0 Å². The number of hydrogen-bond donors (Lipinski definition) is 0. The average molecular weight is 545 g/mol. The maximum absolute atomic E-state index is 15.0. The van der Waals surface area contributed by atoms with Crippen molar-refractivity contribution in [2.45, 2.75) is 30.2 Å². The molecule has 0 saturated carbocycles. The largest absolute Gasteiger partial charge is 0.341 e. The van der Waals surface area contributed by atoms with Crippen LogP contribution in [0.15, 0.2) is 58.6 Å². The Balaban J connectivity index is 1.28. The number of fused-ring (bicyclic) bond motifs is 1. The lowest BCUT2D eigenvalue weighted by atomic mass is 9.90. The van der Waals surface area contributed by atoms with Gasteiger partial charge in [-0.2, -0.15) is 0 Å². The number of piperidine rings is 1. The summed E-state index contributed by atoms with van der Waals surface area (Å²) < 4.78 is 41.1. The summed E-state index contributed by atoms with van der Waals surface area (Å²) in [5, 5.41) is 0.682. The first-order valence-corrected chi connectivity index (χ1v) is 13.5. The van der Waals surface area contributed by atoms with Gasteiger partial charge in [0.1, 0.15) is 11.5 Å². The van der Waals surface area contributed by atoms with Gasteiger partial charge >= 0.3 is 0 Å². The average Bonchev–Trinajstić information content (AvgIpc) is 3.22. The van der Waals surface area contributed by atoms with Gasteiger partial charge in [0.15, 0.2) is 9.84 Å². The summed E-state index contributed by atoms with van der Waals surface area (Å²) in [6, 6.07) is 4.93. The van der Waals surface area contributed by atoms with E-state index in [1.165, 1.54) is 6.20 Å². The maximum atomic E-state index is 15.0. The van der Waals surface area contributed by atoms with Gasteiger partial charge in [0, 0.05) is 55.7 Å². The molecule has 1 fully saturated rings. The fourth-order valence-corrected chi connectivity index (χ4v) is 5.04. The molecule has 34 heavy (non-hydrogen) atoms. The molecule has 0 spiro atoms. The second-order valence-electron chi connectivity index (χ2n) is 8.46. The molecule has 4 aromatic rings. The summed E-state index contributed by atoms with van der Waals surface area (Å²) in [4.78, 5) is 19.7. The zero-order valence-corrected chi connectivity index (χ0v) is 20.8. The third-order valence-corrected chi connectivity index (χ3v) is 7.61. The lowest BCUT2D eigenvalue weighted by Gasteiger charge is -2.32. The van der Waals surface area contributed by atoms with Crippen molar-refractivity contribution in [3.63, 3.8) is 0 Å². The van der Waals surface area contributed by atoms with Crippen LogP contribution in [0.5, 0.6) is 0 Å². The summed E-state index contributed by atoms with van der Waals surface area (Å²) in [6.45, 7) is 1.80. The Morgan fingerprint density at radius 1 is 1.06 bits per heavy atom.